The van der Waals surface area contributed by atoms with Gasteiger partial charge in [-0.25, -0.2) is 4.79 Å². The minimum atomic E-state index is -0.423. The number of phenols is 1. The van der Waals surface area contributed by atoms with Crippen molar-refractivity contribution in [3.8, 4) is 22.0 Å². The van der Waals surface area contributed by atoms with E-state index in [1.807, 2.05) is 28.3 Å². The molecule has 0 aliphatic heterocycles. The van der Waals surface area contributed by atoms with Gasteiger partial charge in [0.1, 0.15) is 5.75 Å². The minimum absolute atomic E-state index is 0.161. The Kier molecular flexibility index (Phi) is 3.37. The summed E-state index contributed by atoms with van der Waals surface area (Å²) in [5.41, 5.74) is 1.50. The highest BCUT2D eigenvalue weighted by atomic mass is 32.1. The molecule has 1 aromatic carbocycles. The zero-order valence-electron chi connectivity index (χ0n) is 15.0. The number of fused-ring (bicyclic) bond motifs is 3. The Hall–Kier alpha value is -3.59. The molecule has 5 rings (SSSR count). The number of benzene rings is 1. The first-order valence-electron chi connectivity index (χ1n) is 8.50. The van der Waals surface area contributed by atoms with E-state index < -0.39 is 11.2 Å². The van der Waals surface area contributed by atoms with Crippen LogP contribution in [0.15, 0.2) is 57.6 Å². The molecule has 0 unspecified atom stereocenters. The van der Waals surface area contributed by atoms with Crippen LogP contribution in [0, 0.1) is 0 Å². The highest BCUT2D eigenvalue weighted by Gasteiger charge is 2.21. The lowest BCUT2D eigenvalue weighted by Crippen LogP contribution is -2.37. The quantitative estimate of drug-likeness (QED) is 0.498. The lowest BCUT2D eigenvalue weighted by atomic mass is 10.3. The number of hydrogen-bond acceptors (Lipinski definition) is 5. The van der Waals surface area contributed by atoms with Crippen molar-refractivity contribution >= 4 is 28.3 Å². The Labute approximate surface area is 161 Å². The van der Waals surface area contributed by atoms with E-state index in [-0.39, 0.29) is 5.75 Å². The summed E-state index contributed by atoms with van der Waals surface area (Å²) in [4.78, 5) is 30.7. The Morgan fingerprint density at radius 2 is 1.79 bits per heavy atom. The van der Waals surface area contributed by atoms with Gasteiger partial charge in [0.15, 0.2) is 11.2 Å². The summed E-state index contributed by atoms with van der Waals surface area (Å²) in [5.74, 6) is 0.678. The van der Waals surface area contributed by atoms with Gasteiger partial charge in [0, 0.05) is 26.0 Å². The van der Waals surface area contributed by atoms with E-state index in [2.05, 4.69) is 4.98 Å². The van der Waals surface area contributed by atoms with E-state index in [1.165, 1.54) is 11.6 Å². The van der Waals surface area contributed by atoms with Gasteiger partial charge in [-0.1, -0.05) is 6.07 Å². The highest BCUT2D eigenvalue weighted by Crippen LogP contribution is 2.31. The fraction of sp³-hybridized carbons (Fsp3) is 0.105. The topological polar surface area (TPSA) is 86.5 Å². The average Bonchev–Trinajstić information content (AvgIpc) is 3.40. The van der Waals surface area contributed by atoms with Gasteiger partial charge in [0.2, 0.25) is 5.78 Å². The minimum Gasteiger partial charge on any atom is -0.508 e. The van der Waals surface area contributed by atoms with E-state index in [0.717, 1.165) is 20.8 Å². The SMILES string of the molecule is Cn1c(=O)c2c(nc3n(-c4ccc(O)cc4)c(-c4cccs4)cn23)n(C)c1=O. The summed E-state index contributed by atoms with van der Waals surface area (Å²) < 4.78 is 6.09. The Balaban J connectivity index is 1.98. The fourth-order valence-electron chi connectivity index (χ4n) is 3.43. The van der Waals surface area contributed by atoms with Crippen LogP contribution >= 0.6 is 11.3 Å². The van der Waals surface area contributed by atoms with Crippen molar-refractivity contribution in [3.05, 3.63) is 68.8 Å². The number of aryl methyl sites for hydroxylation is 1. The highest BCUT2D eigenvalue weighted by molar-refractivity contribution is 7.13. The van der Waals surface area contributed by atoms with Gasteiger partial charge < -0.3 is 5.11 Å². The molecule has 8 nitrogen and oxygen atoms in total. The third kappa shape index (κ3) is 2.13. The molecular formula is C19H15N5O3S. The number of rotatable bonds is 2. The third-order valence-corrected chi connectivity index (χ3v) is 5.74. The summed E-state index contributed by atoms with van der Waals surface area (Å²) in [6.45, 7) is 0. The van der Waals surface area contributed by atoms with Crippen molar-refractivity contribution < 1.29 is 5.11 Å². The van der Waals surface area contributed by atoms with Gasteiger partial charge in [0.05, 0.1) is 10.6 Å². The number of imidazole rings is 2. The molecule has 4 aromatic heterocycles. The lowest BCUT2D eigenvalue weighted by molar-refractivity contribution is 0.475. The van der Waals surface area contributed by atoms with E-state index in [1.54, 1.807) is 47.1 Å². The second-order valence-electron chi connectivity index (χ2n) is 6.50. The van der Waals surface area contributed by atoms with Crippen molar-refractivity contribution in [2.75, 3.05) is 0 Å². The monoisotopic (exact) mass is 393 g/mol. The second kappa shape index (κ2) is 5.70. The Bertz CT molecular complexity index is 1470. The predicted octanol–water partition coefficient (Wildman–Crippen LogP) is 2.11. The lowest BCUT2D eigenvalue weighted by Gasteiger charge is -2.07. The van der Waals surface area contributed by atoms with Gasteiger partial charge in [-0.05, 0) is 35.7 Å². The van der Waals surface area contributed by atoms with E-state index >= 15 is 0 Å². The average molecular weight is 393 g/mol. The van der Waals surface area contributed by atoms with Crippen LogP contribution in [0.1, 0.15) is 0 Å². The molecule has 0 atom stereocenters. The van der Waals surface area contributed by atoms with Crippen LogP contribution < -0.4 is 11.2 Å². The van der Waals surface area contributed by atoms with Crippen LogP contribution in [0.2, 0.25) is 0 Å². The summed E-state index contributed by atoms with van der Waals surface area (Å²) in [6, 6.07) is 10.7. The molecule has 0 fully saturated rings. The molecule has 0 radical (unpaired) electrons. The molecule has 140 valence electrons. The molecule has 0 spiro atoms. The fourth-order valence-corrected chi connectivity index (χ4v) is 4.15. The summed E-state index contributed by atoms with van der Waals surface area (Å²) in [6.07, 6.45) is 1.86. The molecule has 28 heavy (non-hydrogen) atoms. The van der Waals surface area contributed by atoms with Gasteiger partial charge >= 0.3 is 5.69 Å². The molecular weight excluding hydrogens is 378 g/mol. The van der Waals surface area contributed by atoms with E-state index in [0.29, 0.717) is 16.9 Å². The number of aromatic nitrogens is 5. The molecule has 0 saturated carbocycles. The van der Waals surface area contributed by atoms with Gasteiger partial charge in [-0.2, -0.15) is 4.98 Å². The van der Waals surface area contributed by atoms with Crippen LogP contribution in [0.4, 0.5) is 0 Å². The Morgan fingerprint density at radius 3 is 2.46 bits per heavy atom. The molecule has 0 amide bonds. The maximum Gasteiger partial charge on any atom is 0.332 e. The first-order valence-corrected chi connectivity index (χ1v) is 9.38. The number of phenolic OH excluding ortho intramolecular Hbond substituents is 1. The third-order valence-electron chi connectivity index (χ3n) is 4.85. The van der Waals surface area contributed by atoms with Crippen LogP contribution in [-0.2, 0) is 14.1 Å². The molecule has 0 saturated heterocycles. The molecule has 1 N–H and O–H groups in total. The van der Waals surface area contributed by atoms with Crippen molar-refractivity contribution in [1.29, 1.82) is 0 Å². The second-order valence-corrected chi connectivity index (χ2v) is 7.45. The zero-order chi connectivity index (χ0) is 19.6. The summed E-state index contributed by atoms with van der Waals surface area (Å²) in [5, 5.41) is 11.6. The van der Waals surface area contributed by atoms with Gasteiger partial charge in [-0.3, -0.25) is 22.9 Å². The zero-order valence-corrected chi connectivity index (χ0v) is 15.8. The molecule has 0 bridgehead atoms. The maximum atomic E-state index is 12.8. The van der Waals surface area contributed by atoms with Gasteiger partial charge in [-0.15, -0.1) is 11.3 Å². The first-order chi connectivity index (χ1) is 13.5. The molecule has 5 aromatic rings. The summed E-state index contributed by atoms with van der Waals surface area (Å²) in [7, 11) is 3.06. The Morgan fingerprint density at radius 1 is 1.04 bits per heavy atom. The van der Waals surface area contributed by atoms with Crippen molar-refractivity contribution in [2.45, 2.75) is 0 Å². The molecule has 0 aliphatic carbocycles. The van der Waals surface area contributed by atoms with Crippen molar-refractivity contribution in [3.63, 3.8) is 0 Å². The maximum absolute atomic E-state index is 12.8. The molecule has 4 heterocycles. The standard InChI is InChI=1S/C19H15N5O3S/c1-21-16-15(17(26)22(2)19(21)27)23-10-13(14-4-3-9-28-14)24(18(23)20-16)11-5-7-12(25)8-6-11/h3-10,25H,1-2H3. The number of nitrogens with zero attached hydrogens (tertiary/aromatic N) is 5. The predicted molar refractivity (Wildman–Crippen MR) is 107 cm³/mol. The van der Waals surface area contributed by atoms with Crippen LogP contribution in [0.3, 0.4) is 0 Å². The van der Waals surface area contributed by atoms with Crippen LogP contribution in [-0.4, -0.2) is 28.2 Å². The van der Waals surface area contributed by atoms with Crippen LogP contribution in [0.5, 0.6) is 5.75 Å². The van der Waals surface area contributed by atoms with Gasteiger partial charge in [0.25, 0.3) is 5.56 Å². The number of thiophene rings is 1. The van der Waals surface area contributed by atoms with E-state index in [9.17, 15) is 14.7 Å². The summed E-state index contributed by atoms with van der Waals surface area (Å²) >= 11 is 1.58. The smallest absolute Gasteiger partial charge is 0.332 e. The number of aromatic hydroxyl groups is 1. The van der Waals surface area contributed by atoms with Crippen molar-refractivity contribution in [2.24, 2.45) is 14.1 Å². The van der Waals surface area contributed by atoms with Crippen molar-refractivity contribution in [1.82, 2.24) is 23.1 Å². The van der Waals surface area contributed by atoms with E-state index in [4.69, 9.17) is 0 Å². The normalized spacial score (nSPS) is 11.6. The molecule has 9 heteroatoms. The first kappa shape index (κ1) is 16.6. The van der Waals surface area contributed by atoms with Crippen LogP contribution in [0.25, 0.3) is 33.2 Å². The largest absolute Gasteiger partial charge is 0.508 e. The number of hydrogen-bond donors (Lipinski definition) is 1. The molecule has 0 aliphatic rings.